The van der Waals surface area contributed by atoms with E-state index in [1.807, 2.05) is 0 Å². The van der Waals surface area contributed by atoms with Crippen LogP contribution in [0.4, 0.5) is 0 Å². The lowest BCUT2D eigenvalue weighted by molar-refractivity contribution is 0.169. The first-order chi connectivity index (χ1) is 9.48. The molecule has 0 N–H and O–H groups in total. The molecule has 1 aliphatic heterocycles. The van der Waals surface area contributed by atoms with Crippen LogP contribution in [0.15, 0.2) is 9.63 Å². The van der Waals surface area contributed by atoms with Gasteiger partial charge in [-0.2, -0.15) is 16.1 Å². The molecule has 114 valence electrons. The van der Waals surface area contributed by atoms with Crippen LogP contribution in [0.3, 0.4) is 0 Å². The number of halogens is 1. The molecule has 0 spiro atoms. The molecule has 1 aromatic heterocycles. The molecule has 0 radical (unpaired) electrons. The van der Waals surface area contributed by atoms with E-state index >= 15 is 0 Å². The average Bonchev–Trinajstić information content (AvgIpc) is 3.00. The van der Waals surface area contributed by atoms with Crippen molar-refractivity contribution < 1.29 is 13.2 Å². The molecule has 1 aromatic rings. The molecular formula is C10H17BrN4O3S2. The number of hydrogen-bond acceptors (Lipinski definition) is 6. The van der Waals surface area contributed by atoms with E-state index in [-0.39, 0.29) is 15.7 Å². The summed E-state index contributed by atoms with van der Waals surface area (Å²) in [5.74, 6) is 1.79. The number of aromatic nitrogens is 3. The van der Waals surface area contributed by atoms with Crippen LogP contribution >= 0.6 is 27.7 Å². The van der Waals surface area contributed by atoms with E-state index in [0.717, 1.165) is 17.9 Å². The fourth-order valence-electron chi connectivity index (χ4n) is 2.14. The van der Waals surface area contributed by atoms with E-state index in [4.69, 9.17) is 4.74 Å². The first-order valence-electron chi connectivity index (χ1n) is 6.12. The highest BCUT2D eigenvalue weighted by Crippen LogP contribution is 2.29. The average molecular weight is 385 g/mol. The van der Waals surface area contributed by atoms with Crippen LogP contribution in [0.2, 0.25) is 0 Å². The standard InChI is InChI=1S/C10H17BrN4O3S2/c1-14-10(9(11)12-13-14)20(16,17)15(4-5-18-2)8-3-6-19-7-8/h8H,3-7H2,1-2H3. The van der Waals surface area contributed by atoms with Gasteiger partial charge in [-0.3, -0.25) is 0 Å². The summed E-state index contributed by atoms with van der Waals surface area (Å²) in [5.41, 5.74) is 0. The smallest absolute Gasteiger partial charge is 0.263 e. The lowest BCUT2D eigenvalue weighted by atomic mass is 10.3. The van der Waals surface area contributed by atoms with Gasteiger partial charge in [0.25, 0.3) is 10.0 Å². The van der Waals surface area contributed by atoms with Crippen molar-refractivity contribution >= 4 is 37.7 Å². The maximum atomic E-state index is 12.9. The quantitative estimate of drug-likeness (QED) is 0.718. The minimum atomic E-state index is -3.64. The molecule has 0 aliphatic carbocycles. The topological polar surface area (TPSA) is 77.3 Å². The molecule has 20 heavy (non-hydrogen) atoms. The van der Waals surface area contributed by atoms with Gasteiger partial charge in [0.15, 0.2) is 4.60 Å². The number of thioether (sulfide) groups is 1. The predicted octanol–water partition coefficient (Wildman–Crippen LogP) is 0.720. The summed E-state index contributed by atoms with van der Waals surface area (Å²) in [4.78, 5) is 0. The maximum absolute atomic E-state index is 12.9. The zero-order chi connectivity index (χ0) is 14.8. The Labute approximate surface area is 131 Å². The second-order valence-corrected chi connectivity index (χ2v) is 8.14. The normalized spacial score (nSPS) is 19.9. The summed E-state index contributed by atoms with van der Waals surface area (Å²) in [6.45, 7) is 0.699. The SMILES string of the molecule is COCCN(C1CCSC1)S(=O)(=O)c1c(Br)nnn1C. The summed E-state index contributed by atoms with van der Waals surface area (Å²) in [6.07, 6.45) is 0.858. The highest BCUT2D eigenvalue weighted by Gasteiger charge is 2.36. The monoisotopic (exact) mass is 384 g/mol. The van der Waals surface area contributed by atoms with Crippen molar-refractivity contribution in [1.82, 2.24) is 19.3 Å². The van der Waals surface area contributed by atoms with Crippen LogP contribution in [0.5, 0.6) is 0 Å². The van der Waals surface area contributed by atoms with Crippen molar-refractivity contribution in [3.63, 3.8) is 0 Å². The summed E-state index contributed by atoms with van der Waals surface area (Å²) < 4.78 is 33.8. The van der Waals surface area contributed by atoms with Gasteiger partial charge >= 0.3 is 0 Å². The summed E-state index contributed by atoms with van der Waals surface area (Å²) >= 11 is 4.93. The van der Waals surface area contributed by atoms with Gasteiger partial charge in [-0.15, -0.1) is 5.10 Å². The van der Waals surface area contributed by atoms with E-state index in [0.29, 0.717) is 13.2 Å². The molecule has 0 saturated carbocycles. The van der Waals surface area contributed by atoms with E-state index in [2.05, 4.69) is 26.2 Å². The minimum absolute atomic E-state index is 0.00181. The van der Waals surface area contributed by atoms with E-state index < -0.39 is 10.0 Å². The van der Waals surface area contributed by atoms with E-state index in [9.17, 15) is 8.42 Å². The van der Waals surface area contributed by atoms with Crippen molar-refractivity contribution in [2.75, 3.05) is 31.8 Å². The molecule has 1 aliphatic rings. The van der Waals surface area contributed by atoms with Crippen LogP contribution in [0.25, 0.3) is 0 Å². The Hall–Kier alpha value is -0.160. The molecule has 1 unspecified atom stereocenters. The van der Waals surface area contributed by atoms with E-state index in [1.54, 1.807) is 25.9 Å². The number of nitrogens with zero attached hydrogens (tertiary/aromatic N) is 4. The van der Waals surface area contributed by atoms with Crippen LogP contribution in [-0.4, -0.2) is 65.5 Å². The van der Waals surface area contributed by atoms with Gasteiger partial charge in [0.05, 0.1) is 6.61 Å². The summed E-state index contributed by atoms with van der Waals surface area (Å²) in [5, 5.41) is 7.60. The lowest BCUT2D eigenvalue weighted by Gasteiger charge is -2.27. The van der Waals surface area contributed by atoms with Gasteiger partial charge in [0.1, 0.15) is 0 Å². The Kier molecular flexibility index (Phi) is 5.46. The number of aryl methyl sites for hydroxylation is 1. The molecule has 1 saturated heterocycles. The summed E-state index contributed by atoms with van der Waals surface area (Å²) in [7, 11) is -0.506. The van der Waals surface area contributed by atoms with Gasteiger partial charge in [-0.25, -0.2) is 13.1 Å². The first kappa shape index (κ1) is 16.2. The minimum Gasteiger partial charge on any atom is -0.383 e. The third-order valence-corrected chi connectivity index (χ3v) is 7.10. The first-order valence-corrected chi connectivity index (χ1v) is 9.51. The molecule has 1 fully saturated rings. The molecule has 7 nitrogen and oxygen atoms in total. The highest BCUT2D eigenvalue weighted by molar-refractivity contribution is 9.10. The van der Waals surface area contributed by atoms with Gasteiger partial charge in [-0.1, -0.05) is 5.21 Å². The van der Waals surface area contributed by atoms with Crippen molar-refractivity contribution in [1.29, 1.82) is 0 Å². The van der Waals surface area contributed by atoms with Crippen LogP contribution < -0.4 is 0 Å². The molecular weight excluding hydrogens is 368 g/mol. The fraction of sp³-hybridized carbons (Fsp3) is 0.800. The Morgan fingerprint density at radius 2 is 2.35 bits per heavy atom. The zero-order valence-corrected chi connectivity index (χ0v) is 14.5. The van der Waals surface area contributed by atoms with Gasteiger partial charge in [0.2, 0.25) is 5.03 Å². The lowest BCUT2D eigenvalue weighted by Crippen LogP contribution is -2.43. The third-order valence-electron chi connectivity index (χ3n) is 3.12. The number of ether oxygens (including phenoxy) is 1. The Balaban J connectivity index is 2.35. The van der Waals surface area contributed by atoms with Crippen molar-refractivity contribution in [3.8, 4) is 0 Å². The van der Waals surface area contributed by atoms with Gasteiger partial charge < -0.3 is 4.74 Å². The molecule has 10 heteroatoms. The molecule has 0 amide bonds. The van der Waals surface area contributed by atoms with Crippen LogP contribution in [-0.2, 0) is 21.8 Å². The maximum Gasteiger partial charge on any atom is 0.263 e. The fourth-order valence-corrected chi connectivity index (χ4v) is 6.13. The summed E-state index contributed by atoms with van der Waals surface area (Å²) in [6, 6.07) is 0.00181. The number of hydrogen-bond donors (Lipinski definition) is 0. The Morgan fingerprint density at radius 3 is 2.85 bits per heavy atom. The van der Waals surface area contributed by atoms with Crippen molar-refractivity contribution in [2.45, 2.75) is 17.5 Å². The Morgan fingerprint density at radius 1 is 1.60 bits per heavy atom. The molecule has 1 atom stereocenters. The highest BCUT2D eigenvalue weighted by atomic mass is 79.9. The second kappa shape index (κ2) is 6.73. The van der Waals surface area contributed by atoms with E-state index in [1.165, 1.54) is 8.99 Å². The predicted molar refractivity (Wildman–Crippen MR) is 80.2 cm³/mol. The molecule has 2 rings (SSSR count). The van der Waals surface area contributed by atoms with Crippen LogP contribution in [0, 0.1) is 0 Å². The van der Waals surface area contributed by atoms with Gasteiger partial charge in [0, 0.05) is 32.5 Å². The van der Waals surface area contributed by atoms with Gasteiger partial charge in [-0.05, 0) is 28.1 Å². The molecule has 0 bridgehead atoms. The largest absolute Gasteiger partial charge is 0.383 e. The number of sulfonamides is 1. The van der Waals surface area contributed by atoms with Crippen LogP contribution in [0.1, 0.15) is 6.42 Å². The molecule has 0 aromatic carbocycles. The number of methoxy groups -OCH3 is 1. The Bertz CT molecular complexity index is 537. The van der Waals surface area contributed by atoms with Crippen molar-refractivity contribution in [2.24, 2.45) is 7.05 Å². The molecule has 2 heterocycles. The zero-order valence-electron chi connectivity index (χ0n) is 11.3. The second-order valence-electron chi connectivity index (χ2n) is 4.43. The number of rotatable bonds is 6. The van der Waals surface area contributed by atoms with Crippen molar-refractivity contribution in [3.05, 3.63) is 4.60 Å². The third kappa shape index (κ3) is 3.19.